The summed E-state index contributed by atoms with van der Waals surface area (Å²) in [6.45, 7) is 2.79. The van der Waals surface area contributed by atoms with Crippen molar-refractivity contribution < 1.29 is 5.11 Å². The summed E-state index contributed by atoms with van der Waals surface area (Å²) in [6, 6.07) is 6.26. The third-order valence-corrected chi connectivity index (χ3v) is 6.09. The van der Waals surface area contributed by atoms with Gasteiger partial charge in [-0.3, -0.25) is 4.99 Å². The van der Waals surface area contributed by atoms with E-state index in [9.17, 15) is 5.11 Å². The highest BCUT2D eigenvalue weighted by Gasteiger charge is 2.52. The fourth-order valence-electron chi connectivity index (χ4n) is 5.72. The highest BCUT2D eigenvalue weighted by atomic mass is 16.3. The zero-order chi connectivity index (χ0) is 14.4. The molecular weight excluding hydrogens is 258 g/mol. The molecule has 0 aromatic heterocycles. The lowest BCUT2D eigenvalue weighted by Crippen LogP contribution is -2.48. The van der Waals surface area contributed by atoms with E-state index in [0.717, 1.165) is 29.9 Å². The van der Waals surface area contributed by atoms with Gasteiger partial charge in [-0.15, -0.1) is 0 Å². The van der Waals surface area contributed by atoms with Crippen LogP contribution in [0.5, 0.6) is 5.75 Å². The number of nitrogens with zero attached hydrogens (tertiary/aromatic N) is 1. The number of phenolic OH excluding ortho intramolecular Hbond substituents is 1. The second kappa shape index (κ2) is 4.86. The Labute approximate surface area is 127 Å². The van der Waals surface area contributed by atoms with Gasteiger partial charge < -0.3 is 5.11 Å². The SMILES string of the molecule is CCN=Cc1cccc(C23CC4CC(CC(C4)C2)C3)c1O. The lowest BCUT2D eigenvalue weighted by molar-refractivity contribution is -0.00613. The highest BCUT2D eigenvalue weighted by molar-refractivity contribution is 5.84. The van der Waals surface area contributed by atoms with Gasteiger partial charge in [0.25, 0.3) is 0 Å². The van der Waals surface area contributed by atoms with E-state index in [-0.39, 0.29) is 5.41 Å². The normalized spacial score (nSPS) is 37.5. The van der Waals surface area contributed by atoms with Crippen LogP contribution in [0.25, 0.3) is 0 Å². The smallest absolute Gasteiger partial charge is 0.128 e. The van der Waals surface area contributed by atoms with Gasteiger partial charge in [0.05, 0.1) is 0 Å². The van der Waals surface area contributed by atoms with Crippen molar-refractivity contribution in [2.45, 2.75) is 50.9 Å². The number of aliphatic imine (C=N–C) groups is 1. The third-order valence-electron chi connectivity index (χ3n) is 6.09. The van der Waals surface area contributed by atoms with E-state index in [2.05, 4.69) is 17.1 Å². The number of phenols is 1. The molecule has 0 radical (unpaired) electrons. The van der Waals surface area contributed by atoms with E-state index in [1.807, 2.05) is 19.2 Å². The number of benzene rings is 1. The van der Waals surface area contributed by atoms with Crippen molar-refractivity contribution >= 4 is 6.21 Å². The van der Waals surface area contributed by atoms with Crippen LogP contribution in [0, 0.1) is 17.8 Å². The van der Waals surface area contributed by atoms with Crippen LogP contribution in [0.1, 0.15) is 56.6 Å². The Morgan fingerprint density at radius 2 is 1.76 bits per heavy atom. The summed E-state index contributed by atoms with van der Waals surface area (Å²) in [6.07, 6.45) is 10.0. The monoisotopic (exact) mass is 283 g/mol. The van der Waals surface area contributed by atoms with Crippen LogP contribution in [-0.4, -0.2) is 17.9 Å². The van der Waals surface area contributed by atoms with Crippen LogP contribution in [-0.2, 0) is 5.41 Å². The van der Waals surface area contributed by atoms with Gasteiger partial charge in [0.15, 0.2) is 0 Å². The molecule has 4 bridgehead atoms. The molecule has 0 amide bonds. The molecule has 0 atom stereocenters. The Hall–Kier alpha value is -1.31. The lowest BCUT2D eigenvalue weighted by atomic mass is 9.48. The standard InChI is InChI=1S/C19H25NO/c1-2-20-12-16-4-3-5-17(18(16)21)19-9-13-6-14(10-19)8-15(7-13)11-19/h3-5,12-15,21H,2,6-11H2,1H3. The Morgan fingerprint density at radius 3 is 2.33 bits per heavy atom. The zero-order valence-corrected chi connectivity index (χ0v) is 12.9. The molecule has 5 rings (SSSR count). The van der Waals surface area contributed by atoms with E-state index >= 15 is 0 Å². The summed E-state index contributed by atoms with van der Waals surface area (Å²) in [4.78, 5) is 4.31. The maximum atomic E-state index is 10.8. The van der Waals surface area contributed by atoms with Gasteiger partial charge in [-0.1, -0.05) is 12.1 Å². The molecule has 1 aromatic carbocycles. The maximum Gasteiger partial charge on any atom is 0.128 e. The number of hydrogen-bond acceptors (Lipinski definition) is 2. The van der Waals surface area contributed by atoms with E-state index in [4.69, 9.17) is 0 Å². The maximum absolute atomic E-state index is 10.8. The van der Waals surface area contributed by atoms with Crippen molar-refractivity contribution in [3.05, 3.63) is 29.3 Å². The van der Waals surface area contributed by atoms with Crippen LogP contribution in [0.3, 0.4) is 0 Å². The largest absolute Gasteiger partial charge is 0.507 e. The molecule has 4 aliphatic carbocycles. The third kappa shape index (κ3) is 2.11. The van der Waals surface area contributed by atoms with Gasteiger partial charge in [-0.25, -0.2) is 0 Å². The highest BCUT2D eigenvalue weighted by Crippen LogP contribution is 2.61. The molecule has 112 valence electrons. The topological polar surface area (TPSA) is 32.6 Å². The van der Waals surface area contributed by atoms with E-state index in [1.54, 1.807) is 0 Å². The first-order valence-electron chi connectivity index (χ1n) is 8.52. The van der Waals surface area contributed by atoms with Crippen molar-refractivity contribution in [1.29, 1.82) is 0 Å². The second-order valence-corrected chi connectivity index (χ2v) is 7.57. The minimum absolute atomic E-state index is 0.259. The number of hydrogen-bond donors (Lipinski definition) is 1. The Morgan fingerprint density at radius 1 is 1.14 bits per heavy atom. The van der Waals surface area contributed by atoms with E-state index in [1.165, 1.54) is 44.1 Å². The minimum Gasteiger partial charge on any atom is -0.507 e. The minimum atomic E-state index is 0.259. The first kappa shape index (κ1) is 13.4. The first-order chi connectivity index (χ1) is 10.2. The summed E-state index contributed by atoms with van der Waals surface area (Å²) < 4.78 is 0. The van der Waals surface area contributed by atoms with Gasteiger partial charge >= 0.3 is 0 Å². The fraction of sp³-hybridized carbons (Fsp3) is 0.632. The Bertz CT molecular complexity index is 540. The predicted octanol–water partition coefficient (Wildman–Crippen LogP) is 4.30. The molecule has 4 fully saturated rings. The Balaban J connectivity index is 1.75. The average Bonchev–Trinajstić information content (AvgIpc) is 2.44. The molecule has 4 saturated carbocycles. The van der Waals surface area contributed by atoms with Crippen molar-refractivity contribution in [3.8, 4) is 5.75 Å². The van der Waals surface area contributed by atoms with Crippen LogP contribution >= 0.6 is 0 Å². The van der Waals surface area contributed by atoms with Gasteiger partial charge in [0.1, 0.15) is 5.75 Å². The Kier molecular flexibility index (Phi) is 3.09. The molecule has 0 aliphatic heterocycles. The molecule has 0 spiro atoms. The van der Waals surface area contributed by atoms with Gasteiger partial charge in [0.2, 0.25) is 0 Å². The summed E-state index contributed by atoms with van der Waals surface area (Å²) >= 11 is 0. The summed E-state index contributed by atoms with van der Waals surface area (Å²) in [7, 11) is 0. The molecule has 0 unspecified atom stereocenters. The first-order valence-corrected chi connectivity index (χ1v) is 8.52. The van der Waals surface area contributed by atoms with Crippen molar-refractivity contribution in [1.82, 2.24) is 0 Å². The van der Waals surface area contributed by atoms with Gasteiger partial charge in [-0.05, 0) is 74.7 Å². The van der Waals surface area contributed by atoms with Crippen molar-refractivity contribution in [3.63, 3.8) is 0 Å². The molecule has 21 heavy (non-hydrogen) atoms. The molecule has 0 heterocycles. The second-order valence-electron chi connectivity index (χ2n) is 7.57. The quantitative estimate of drug-likeness (QED) is 0.824. The molecule has 2 heteroatoms. The van der Waals surface area contributed by atoms with E-state index in [0.29, 0.717) is 5.75 Å². The van der Waals surface area contributed by atoms with Crippen LogP contribution in [0.15, 0.2) is 23.2 Å². The predicted molar refractivity (Wildman–Crippen MR) is 86.1 cm³/mol. The van der Waals surface area contributed by atoms with Crippen molar-refractivity contribution in [2.24, 2.45) is 22.7 Å². The van der Waals surface area contributed by atoms with Crippen molar-refractivity contribution in [2.75, 3.05) is 6.54 Å². The summed E-state index contributed by atoms with van der Waals surface area (Å²) in [5.41, 5.74) is 2.36. The fourth-order valence-corrected chi connectivity index (χ4v) is 5.72. The number of para-hydroxylation sites is 1. The molecule has 1 N–H and O–H groups in total. The molecule has 1 aromatic rings. The average molecular weight is 283 g/mol. The molecule has 4 aliphatic rings. The molecular formula is C19H25NO. The zero-order valence-electron chi connectivity index (χ0n) is 12.9. The summed E-state index contributed by atoms with van der Waals surface area (Å²) in [5, 5.41) is 10.8. The lowest BCUT2D eigenvalue weighted by Gasteiger charge is -2.57. The number of rotatable bonds is 3. The van der Waals surface area contributed by atoms with Gasteiger partial charge in [-0.2, -0.15) is 0 Å². The molecule has 0 saturated heterocycles. The van der Waals surface area contributed by atoms with Crippen LogP contribution in [0.2, 0.25) is 0 Å². The number of aromatic hydroxyl groups is 1. The molecule has 2 nitrogen and oxygen atoms in total. The van der Waals surface area contributed by atoms with E-state index < -0.39 is 0 Å². The van der Waals surface area contributed by atoms with Gasteiger partial charge in [0, 0.05) is 23.9 Å². The van der Waals surface area contributed by atoms with Crippen LogP contribution < -0.4 is 0 Å². The van der Waals surface area contributed by atoms with Crippen LogP contribution in [0.4, 0.5) is 0 Å². The summed E-state index contributed by atoms with van der Waals surface area (Å²) in [5.74, 6) is 3.22.